The maximum absolute atomic E-state index is 12.5. The van der Waals surface area contributed by atoms with Gasteiger partial charge in [-0.2, -0.15) is 5.10 Å². The summed E-state index contributed by atoms with van der Waals surface area (Å²) in [4.78, 5) is 12.5. The summed E-state index contributed by atoms with van der Waals surface area (Å²) in [7, 11) is 1.85. The van der Waals surface area contributed by atoms with E-state index in [9.17, 15) is 4.79 Å². The van der Waals surface area contributed by atoms with Crippen LogP contribution in [0.25, 0.3) is 0 Å². The van der Waals surface area contributed by atoms with Crippen LogP contribution >= 0.6 is 0 Å². The van der Waals surface area contributed by atoms with Crippen molar-refractivity contribution in [3.63, 3.8) is 0 Å². The van der Waals surface area contributed by atoms with Crippen molar-refractivity contribution in [2.75, 3.05) is 0 Å². The summed E-state index contributed by atoms with van der Waals surface area (Å²) in [5.74, 6) is 0.0650. The molecule has 0 atom stereocenters. The third-order valence-corrected chi connectivity index (χ3v) is 3.08. The molecule has 0 spiro atoms. The van der Waals surface area contributed by atoms with Crippen LogP contribution in [0.3, 0.4) is 0 Å². The van der Waals surface area contributed by atoms with Gasteiger partial charge in [0, 0.05) is 18.8 Å². The van der Waals surface area contributed by atoms with Gasteiger partial charge in [0.1, 0.15) is 0 Å². The lowest BCUT2D eigenvalue weighted by atomic mass is 10.0. The van der Waals surface area contributed by atoms with Crippen LogP contribution in [0.1, 0.15) is 41.0 Å². The molecule has 0 saturated heterocycles. The minimum atomic E-state index is 0.0650. The van der Waals surface area contributed by atoms with Crippen LogP contribution in [0, 0.1) is 0 Å². The number of carbonyl (C=O) groups is 1. The van der Waals surface area contributed by atoms with Gasteiger partial charge in [0.05, 0.1) is 11.3 Å². The molecule has 0 N–H and O–H groups in total. The van der Waals surface area contributed by atoms with Gasteiger partial charge in [-0.1, -0.05) is 32.0 Å². The Bertz CT molecular complexity index is 570. The lowest BCUT2D eigenvalue weighted by Gasteiger charge is -2.02. The van der Waals surface area contributed by atoms with Crippen molar-refractivity contribution < 1.29 is 4.79 Å². The highest BCUT2D eigenvalue weighted by atomic mass is 16.1. The first-order valence-electron chi connectivity index (χ1n) is 6.31. The highest BCUT2D eigenvalue weighted by Crippen LogP contribution is 2.15. The van der Waals surface area contributed by atoms with E-state index in [2.05, 4.69) is 12.0 Å². The SMILES string of the molecule is CCc1cccc(C(=O)c2cn(C)nc2CC)c1. The third kappa shape index (κ3) is 2.35. The number of aromatic nitrogens is 2. The highest BCUT2D eigenvalue weighted by molar-refractivity contribution is 6.09. The van der Waals surface area contributed by atoms with Gasteiger partial charge in [-0.15, -0.1) is 0 Å². The van der Waals surface area contributed by atoms with Crippen LogP contribution in [0.2, 0.25) is 0 Å². The molecule has 94 valence electrons. The highest BCUT2D eigenvalue weighted by Gasteiger charge is 2.16. The summed E-state index contributed by atoms with van der Waals surface area (Å²) in [6.45, 7) is 4.10. The predicted octanol–water partition coefficient (Wildman–Crippen LogP) is 2.78. The Balaban J connectivity index is 2.40. The molecule has 3 nitrogen and oxygen atoms in total. The second-order valence-electron chi connectivity index (χ2n) is 4.40. The molecule has 0 fully saturated rings. The lowest BCUT2D eigenvalue weighted by Crippen LogP contribution is -2.03. The first-order valence-corrected chi connectivity index (χ1v) is 6.31. The molecule has 0 radical (unpaired) electrons. The largest absolute Gasteiger partial charge is 0.288 e. The molecule has 0 aliphatic heterocycles. The number of benzene rings is 1. The smallest absolute Gasteiger partial charge is 0.196 e. The third-order valence-electron chi connectivity index (χ3n) is 3.08. The lowest BCUT2D eigenvalue weighted by molar-refractivity contribution is 0.103. The molecular formula is C15H18N2O. The summed E-state index contributed by atoms with van der Waals surface area (Å²) in [5.41, 5.74) is 3.51. The average Bonchev–Trinajstić information content (AvgIpc) is 2.79. The topological polar surface area (TPSA) is 34.9 Å². The molecule has 0 unspecified atom stereocenters. The monoisotopic (exact) mass is 242 g/mol. The van der Waals surface area contributed by atoms with E-state index < -0.39 is 0 Å². The summed E-state index contributed by atoms with van der Waals surface area (Å²) < 4.78 is 1.70. The summed E-state index contributed by atoms with van der Waals surface area (Å²) in [6, 6.07) is 7.82. The fraction of sp³-hybridized carbons (Fsp3) is 0.333. The molecule has 1 aromatic heterocycles. The van der Waals surface area contributed by atoms with Crippen molar-refractivity contribution in [2.24, 2.45) is 7.05 Å². The van der Waals surface area contributed by atoms with E-state index in [1.54, 1.807) is 10.9 Å². The molecule has 0 aliphatic rings. The second kappa shape index (κ2) is 5.17. The molecule has 0 saturated carbocycles. The van der Waals surface area contributed by atoms with Crippen LogP contribution in [0.4, 0.5) is 0 Å². The predicted molar refractivity (Wildman–Crippen MR) is 71.8 cm³/mol. The quantitative estimate of drug-likeness (QED) is 0.773. The Hall–Kier alpha value is -1.90. The van der Waals surface area contributed by atoms with E-state index in [0.29, 0.717) is 5.56 Å². The Labute approximate surface area is 107 Å². The van der Waals surface area contributed by atoms with Crippen molar-refractivity contribution in [1.82, 2.24) is 9.78 Å². The molecule has 2 rings (SSSR count). The zero-order chi connectivity index (χ0) is 13.1. The molecule has 3 heteroatoms. The van der Waals surface area contributed by atoms with Gasteiger partial charge in [0.15, 0.2) is 5.78 Å². The molecule has 18 heavy (non-hydrogen) atoms. The van der Waals surface area contributed by atoms with Crippen molar-refractivity contribution >= 4 is 5.78 Å². The Kier molecular flexibility index (Phi) is 3.60. The summed E-state index contributed by atoms with van der Waals surface area (Å²) >= 11 is 0. The number of hydrogen-bond acceptors (Lipinski definition) is 2. The number of aryl methyl sites for hydroxylation is 3. The number of carbonyl (C=O) groups excluding carboxylic acids is 1. The average molecular weight is 242 g/mol. The Morgan fingerprint density at radius 1 is 1.28 bits per heavy atom. The fourth-order valence-electron chi connectivity index (χ4n) is 2.07. The molecule has 2 aromatic rings. The minimum Gasteiger partial charge on any atom is -0.288 e. The Morgan fingerprint density at radius 2 is 2.06 bits per heavy atom. The van der Waals surface area contributed by atoms with Crippen LogP contribution in [-0.4, -0.2) is 15.6 Å². The molecule has 0 aliphatic carbocycles. The molecule has 0 bridgehead atoms. The first-order chi connectivity index (χ1) is 8.65. The van der Waals surface area contributed by atoms with Crippen molar-refractivity contribution in [1.29, 1.82) is 0 Å². The maximum Gasteiger partial charge on any atom is 0.196 e. The standard InChI is InChI=1S/C15H18N2O/c1-4-11-7-6-8-12(9-11)15(18)13-10-17(3)16-14(13)5-2/h6-10H,4-5H2,1-3H3. The van der Waals surface area contributed by atoms with Gasteiger partial charge in [0.25, 0.3) is 0 Å². The summed E-state index contributed by atoms with van der Waals surface area (Å²) in [6.07, 6.45) is 3.52. The minimum absolute atomic E-state index is 0.0650. The number of ketones is 1. The van der Waals surface area contributed by atoms with Crippen LogP contribution in [0.5, 0.6) is 0 Å². The van der Waals surface area contributed by atoms with Gasteiger partial charge in [-0.05, 0) is 24.5 Å². The molecule has 1 heterocycles. The van der Waals surface area contributed by atoms with Crippen LogP contribution in [-0.2, 0) is 19.9 Å². The normalized spacial score (nSPS) is 10.6. The van der Waals surface area contributed by atoms with Gasteiger partial charge >= 0.3 is 0 Å². The van der Waals surface area contributed by atoms with E-state index in [-0.39, 0.29) is 5.78 Å². The van der Waals surface area contributed by atoms with Crippen molar-refractivity contribution in [2.45, 2.75) is 26.7 Å². The number of nitrogens with zero attached hydrogens (tertiary/aromatic N) is 2. The first kappa shape index (κ1) is 12.6. The van der Waals surface area contributed by atoms with Crippen molar-refractivity contribution in [3.8, 4) is 0 Å². The van der Waals surface area contributed by atoms with Crippen LogP contribution in [0.15, 0.2) is 30.5 Å². The number of hydrogen-bond donors (Lipinski definition) is 0. The fourth-order valence-corrected chi connectivity index (χ4v) is 2.07. The van der Waals surface area contributed by atoms with E-state index >= 15 is 0 Å². The van der Waals surface area contributed by atoms with Crippen molar-refractivity contribution in [3.05, 3.63) is 52.8 Å². The molecule has 0 amide bonds. The van der Waals surface area contributed by atoms with Gasteiger partial charge in [0.2, 0.25) is 0 Å². The van der Waals surface area contributed by atoms with Gasteiger partial charge < -0.3 is 0 Å². The zero-order valence-corrected chi connectivity index (χ0v) is 11.1. The van der Waals surface area contributed by atoms with E-state index in [1.807, 2.05) is 38.2 Å². The van der Waals surface area contributed by atoms with E-state index in [1.165, 1.54) is 5.56 Å². The maximum atomic E-state index is 12.5. The molecular weight excluding hydrogens is 224 g/mol. The molecule has 1 aromatic carbocycles. The van der Waals surface area contributed by atoms with Crippen LogP contribution < -0.4 is 0 Å². The summed E-state index contributed by atoms with van der Waals surface area (Å²) in [5, 5.41) is 4.31. The van der Waals surface area contributed by atoms with E-state index in [0.717, 1.165) is 24.1 Å². The van der Waals surface area contributed by atoms with Gasteiger partial charge in [-0.25, -0.2) is 0 Å². The number of rotatable bonds is 4. The van der Waals surface area contributed by atoms with E-state index in [4.69, 9.17) is 0 Å². The second-order valence-corrected chi connectivity index (χ2v) is 4.40. The Morgan fingerprint density at radius 3 is 2.72 bits per heavy atom. The van der Waals surface area contributed by atoms with Gasteiger partial charge in [-0.3, -0.25) is 9.48 Å². The zero-order valence-electron chi connectivity index (χ0n) is 11.1.